The lowest BCUT2D eigenvalue weighted by Crippen LogP contribution is -2.28. The van der Waals surface area contributed by atoms with Crippen molar-refractivity contribution in [3.8, 4) is 11.5 Å². The molecule has 128 valence electrons. The Labute approximate surface area is 140 Å². The fourth-order valence-corrected chi connectivity index (χ4v) is 3.56. The first-order valence-corrected chi connectivity index (χ1v) is 9.09. The van der Waals surface area contributed by atoms with Crippen molar-refractivity contribution in [1.29, 1.82) is 0 Å². The van der Waals surface area contributed by atoms with Crippen molar-refractivity contribution < 1.29 is 22.3 Å². The molecule has 7 heteroatoms. The standard InChI is InChI=1S/C17H18FNO4S/c1-12(13-2-4-14(18)5-3-13)11-19-24(20,21)15-6-7-16-17(10-15)23-9-8-22-16/h2-7,10,12,19H,8-9,11H2,1H3. The first kappa shape index (κ1) is 16.7. The highest BCUT2D eigenvalue weighted by Crippen LogP contribution is 2.32. The number of fused-ring (bicyclic) bond motifs is 1. The smallest absolute Gasteiger partial charge is 0.240 e. The van der Waals surface area contributed by atoms with E-state index >= 15 is 0 Å². The molecule has 1 atom stereocenters. The van der Waals surface area contributed by atoms with E-state index in [0.29, 0.717) is 24.7 Å². The largest absolute Gasteiger partial charge is 0.486 e. The number of benzene rings is 2. The maximum atomic E-state index is 13.0. The maximum absolute atomic E-state index is 13.0. The summed E-state index contributed by atoms with van der Waals surface area (Å²) in [6, 6.07) is 10.6. The summed E-state index contributed by atoms with van der Waals surface area (Å²) in [5.41, 5.74) is 0.862. The van der Waals surface area contributed by atoms with Gasteiger partial charge in [-0.2, -0.15) is 0 Å². The normalized spacial score (nSPS) is 15.1. The van der Waals surface area contributed by atoms with Gasteiger partial charge in [-0.05, 0) is 35.7 Å². The van der Waals surface area contributed by atoms with Crippen LogP contribution in [0.1, 0.15) is 18.4 Å². The zero-order valence-corrected chi connectivity index (χ0v) is 14.0. The molecule has 1 heterocycles. The van der Waals surface area contributed by atoms with Gasteiger partial charge in [0, 0.05) is 12.6 Å². The number of sulfonamides is 1. The van der Waals surface area contributed by atoms with Crippen molar-refractivity contribution in [3.63, 3.8) is 0 Å². The Morgan fingerprint density at radius 1 is 1.08 bits per heavy atom. The molecule has 0 fully saturated rings. The highest BCUT2D eigenvalue weighted by atomic mass is 32.2. The molecule has 0 aliphatic carbocycles. The van der Waals surface area contributed by atoms with E-state index in [1.54, 1.807) is 18.2 Å². The third-order valence-electron chi connectivity index (χ3n) is 3.84. The van der Waals surface area contributed by atoms with Gasteiger partial charge in [0.1, 0.15) is 19.0 Å². The van der Waals surface area contributed by atoms with Crippen LogP contribution >= 0.6 is 0 Å². The fourth-order valence-electron chi connectivity index (χ4n) is 2.42. The molecule has 0 spiro atoms. The number of ether oxygens (including phenoxy) is 2. The second-order valence-corrected chi connectivity index (χ2v) is 7.38. The van der Waals surface area contributed by atoms with Crippen LogP contribution in [-0.4, -0.2) is 28.2 Å². The molecule has 0 saturated carbocycles. The summed E-state index contributed by atoms with van der Waals surface area (Å²) < 4.78 is 51.2. The second-order valence-electron chi connectivity index (χ2n) is 5.61. The molecule has 0 radical (unpaired) electrons. The molecule has 1 aliphatic rings. The lowest BCUT2D eigenvalue weighted by molar-refractivity contribution is 0.171. The van der Waals surface area contributed by atoms with Crippen LogP contribution in [0, 0.1) is 5.82 Å². The topological polar surface area (TPSA) is 64.6 Å². The lowest BCUT2D eigenvalue weighted by atomic mass is 10.0. The number of nitrogens with one attached hydrogen (secondary N) is 1. The average Bonchev–Trinajstić information content (AvgIpc) is 2.60. The van der Waals surface area contributed by atoms with E-state index in [1.807, 2.05) is 6.92 Å². The average molecular weight is 351 g/mol. The molecule has 24 heavy (non-hydrogen) atoms. The van der Waals surface area contributed by atoms with Crippen LogP contribution in [0.4, 0.5) is 4.39 Å². The van der Waals surface area contributed by atoms with Crippen LogP contribution < -0.4 is 14.2 Å². The third-order valence-corrected chi connectivity index (χ3v) is 5.26. The van der Waals surface area contributed by atoms with Crippen LogP contribution in [0.5, 0.6) is 11.5 Å². The molecule has 5 nitrogen and oxygen atoms in total. The number of hydrogen-bond acceptors (Lipinski definition) is 4. The summed E-state index contributed by atoms with van der Waals surface area (Å²) in [4.78, 5) is 0.123. The van der Waals surface area contributed by atoms with E-state index in [9.17, 15) is 12.8 Å². The predicted octanol–water partition coefficient (Wildman–Crippen LogP) is 2.68. The Morgan fingerprint density at radius 3 is 2.46 bits per heavy atom. The third kappa shape index (κ3) is 3.68. The van der Waals surface area contributed by atoms with E-state index in [4.69, 9.17) is 9.47 Å². The van der Waals surface area contributed by atoms with Gasteiger partial charge in [0.15, 0.2) is 11.5 Å². The van der Waals surface area contributed by atoms with Crippen molar-refractivity contribution in [1.82, 2.24) is 4.72 Å². The SMILES string of the molecule is CC(CNS(=O)(=O)c1ccc2c(c1)OCCO2)c1ccc(F)cc1. The number of rotatable bonds is 5. The summed E-state index contributed by atoms with van der Waals surface area (Å²) >= 11 is 0. The minimum absolute atomic E-state index is 0.0856. The van der Waals surface area contributed by atoms with Crippen LogP contribution in [0.3, 0.4) is 0 Å². The van der Waals surface area contributed by atoms with Crippen molar-refractivity contribution in [2.45, 2.75) is 17.7 Å². The van der Waals surface area contributed by atoms with Gasteiger partial charge in [-0.3, -0.25) is 0 Å². The van der Waals surface area contributed by atoms with Crippen molar-refractivity contribution in [2.75, 3.05) is 19.8 Å². The van der Waals surface area contributed by atoms with E-state index in [-0.39, 0.29) is 23.2 Å². The van der Waals surface area contributed by atoms with Gasteiger partial charge >= 0.3 is 0 Å². The summed E-state index contributed by atoms with van der Waals surface area (Å²) in [5, 5.41) is 0. The number of hydrogen-bond donors (Lipinski definition) is 1. The quantitative estimate of drug-likeness (QED) is 0.899. The van der Waals surface area contributed by atoms with Crippen molar-refractivity contribution >= 4 is 10.0 Å². The Morgan fingerprint density at radius 2 is 1.75 bits per heavy atom. The fraction of sp³-hybridized carbons (Fsp3) is 0.294. The van der Waals surface area contributed by atoms with E-state index in [2.05, 4.69) is 4.72 Å². The van der Waals surface area contributed by atoms with Crippen molar-refractivity contribution in [2.24, 2.45) is 0 Å². The Bertz CT molecular complexity index is 821. The Hall–Kier alpha value is -2.12. The molecule has 2 aromatic carbocycles. The predicted molar refractivity (Wildman–Crippen MR) is 87.4 cm³/mol. The molecule has 0 amide bonds. The van der Waals surface area contributed by atoms with Gasteiger partial charge in [0.2, 0.25) is 10.0 Å². The summed E-state index contributed by atoms with van der Waals surface area (Å²) in [6.45, 7) is 2.93. The molecule has 1 unspecified atom stereocenters. The van der Waals surface area contributed by atoms with Crippen LogP contribution in [0.25, 0.3) is 0 Å². The highest BCUT2D eigenvalue weighted by Gasteiger charge is 2.20. The zero-order chi connectivity index (χ0) is 17.2. The molecule has 2 aromatic rings. The van der Waals surface area contributed by atoms with E-state index < -0.39 is 10.0 Å². The van der Waals surface area contributed by atoms with Crippen LogP contribution in [-0.2, 0) is 10.0 Å². The molecule has 3 rings (SSSR count). The zero-order valence-electron chi connectivity index (χ0n) is 13.2. The van der Waals surface area contributed by atoms with E-state index in [0.717, 1.165) is 5.56 Å². The van der Waals surface area contributed by atoms with E-state index in [1.165, 1.54) is 24.3 Å². The molecular weight excluding hydrogens is 333 g/mol. The van der Waals surface area contributed by atoms with Crippen LogP contribution in [0.2, 0.25) is 0 Å². The highest BCUT2D eigenvalue weighted by molar-refractivity contribution is 7.89. The van der Waals surface area contributed by atoms with Crippen molar-refractivity contribution in [3.05, 3.63) is 53.8 Å². The lowest BCUT2D eigenvalue weighted by Gasteiger charge is -2.19. The van der Waals surface area contributed by atoms with Crippen LogP contribution in [0.15, 0.2) is 47.4 Å². The first-order chi connectivity index (χ1) is 11.5. The summed E-state index contributed by atoms with van der Waals surface area (Å²) in [7, 11) is -3.66. The van der Waals surface area contributed by atoms with Gasteiger partial charge in [0.25, 0.3) is 0 Å². The Balaban J connectivity index is 1.70. The molecular formula is C17H18FNO4S. The molecule has 1 aliphatic heterocycles. The molecule has 0 saturated heterocycles. The van der Waals surface area contributed by atoms with Gasteiger partial charge in [0.05, 0.1) is 4.90 Å². The summed E-state index contributed by atoms with van der Waals surface area (Å²) in [5.74, 6) is 0.566. The number of halogens is 1. The minimum Gasteiger partial charge on any atom is -0.486 e. The Kier molecular flexibility index (Phi) is 4.73. The maximum Gasteiger partial charge on any atom is 0.240 e. The summed E-state index contributed by atoms with van der Waals surface area (Å²) in [6.07, 6.45) is 0. The van der Waals surface area contributed by atoms with Gasteiger partial charge < -0.3 is 9.47 Å². The second kappa shape index (κ2) is 6.78. The van der Waals surface area contributed by atoms with Gasteiger partial charge in [-0.1, -0.05) is 19.1 Å². The minimum atomic E-state index is -3.66. The van der Waals surface area contributed by atoms with Gasteiger partial charge in [-0.15, -0.1) is 0 Å². The monoisotopic (exact) mass is 351 g/mol. The molecule has 1 N–H and O–H groups in total. The van der Waals surface area contributed by atoms with Gasteiger partial charge in [-0.25, -0.2) is 17.5 Å². The molecule has 0 bridgehead atoms. The molecule has 0 aromatic heterocycles. The first-order valence-electron chi connectivity index (χ1n) is 7.60.